The molecular formula is C31H28N2O5S. The zero-order chi connectivity index (χ0) is 27.2. The van der Waals surface area contributed by atoms with Crippen LogP contribution in [0.1, 0.15) is 23.7 Å². The maximum Gasteiger partial charge on any atom is 0.356 e. The van der Waals surface area contributed by atoms with Gasteiger partial charge in [0.15, 0.2) is 12.7 Å². The van der Waals surface area contributed by atoms with Crippen LogP contribution in [0.4, 0.5) is 0 Å². The van der Waals surface area contributed by atoms with Gasteiger partial charge in [0.2, 0.25) is 0 Å². The summed E-state index contributed by atoms with van der Waals surface area (Å²) in [5.41, 5.74) is 2.64. The van der Waals surface area contributed by atoms with E-state index in [4.69, 9.17) is 9.47 Å². The van der Waals surface area contributed by atoms with Crippen LogP contribution in [0.5, 0.6) is 5.75 Å². The van der Waals surface area contributed by atoms with Crippen LogP contribution in [0.15, 0.2) is 115 Å². The number of allylic oxidation sites excluding steroid dienone is 1. The Bertz CT molecular complexity index is 1340. The van der Waals surface area contributed by atoms with Gasteiger partial charge in [0, 0.05) is 5.75 Å². The van der Waals surface area contributed by atoms with E-state index in [2.05, 4.69) is 11.9 Å². The molecule has 1 saturated heterocycles. The molecule has 1 N–H and O–H groups in total. The van der Waals surface area contributed by atoms with E-state index in [1.807, 2.05) is 78.9 Å². The highest BCUT2D eigenvalue weighted by molar-refractivity contribution is 8.00. The predicted molar refractivity (Wildman–Crippen MR) is 150 cm³/mol. The van der Waals surface area contributed by atoms with Gasteiger partial charge in [0.1, 0.15) is 22.9 Å². The average molecular weight is 541 g/mol. The average Bonchev–Trinajstić information content (AvgIpc) is 2.98. The Morgan fingerprint density at radius 1 is 0.974 bits per heavy atom. The summed E-state index contributed by atoms with van der Waals surface area (Å²) in [6.07, 6.45) is 1.50. The number of hydrogen-bond acceptors (Lipinski definition) is 6. The standard InChI is InChI=1S/C31H28N2O5S/c1-2-12-23-20-39-30-26(32-25(34)19-37-24-17-10-5-11-18-24)29(35)33(30)27(23)31(36)38-28(21-13-6-3-7-14-21)22-15-8-4-9-16-22/h2-11,13-18,26,28,30H,1,12,19-20H2,(H,32,34)/t26?,30-/m1/s1. The Kier molecular flexibility index (Phi) is 8.13. The molecule has 5 rings (SSSR count). The van der Waals surface area contributed by atoms with Crippen LogP contribution in [0.2, 0.25) is 0 Å². The lowest BCUT2D eigenvalue weighted by Crippen LogP contribution is -2.71. The summed E-state index contributed by atoms with van der Waals surface area (Å²) in [6.45, 7) is 3.60. The predicted octanol–water partition coefficient (Wildman–Crippen LogP) is 4.63. The zero-order valence-corrected chi connectivity index (χ0v) is 22.0. The van der Waals surface area contributed by atoms with Crippen molar-refractivity contribution in [1.29, 1.82) is 0 Å². The van der Waals surface area contributed by atoms with Gasteiger partial charge in [-0.05, 0) is 35.3 Å². The van der Waals surface area contributed by atoms with Crippen molar-refractivity contribution >= 4 is 29.5 Å². The molecule has 7 nitrogen and oxygen atoms in total. The summed E-state index contributed by atoms with van der Waals surface area (Å²) >= 11 is 1.50. The summed E-state index contributed by atoms with van der Waals surface area (Å²) < 4.78 is 11.6. The molecule has 1 fully saturated rings. The first-order valence-electron chi connectivity index (χ1n) is 12.6. The quantitative estimate of drug-likeness (QED) is 0.229. The van der Waals surface area contributed by atoms with Crippen LogP contribution in [0.25, 0.3) is 0 Å². The number of nitrogens with one attached hydrogen (secondary N) is 1. The number of β-lactam (4-membered cyclic amide) rings is 1. The molecule has 0 radical (unpaired) electrons. The molecule has 2 amide bonds. The molecule has 0 spiro atoms. The fourth-order valence-corrected chi connectivity index (χ4v) is 5.99. The number of hydrogen-bond donors (Lipinski definition) is 1. The number of esters is 1. The number of carbonyl (C=O) groups excluding carboxylic acids is 3. The molecule has 198 valence electrons. The van der Waals surface area contributed by atoms with E-state index in [0.717, 1.165) is 16.7 Å². The van der Waals surface area contributed by atoms with E-state index in [0.29, 0.717) is 17.9 Å². The van der Waals surface area contributed by atoms with Crippen molar-refractivity contribution in [2.45, 2.75) is 23.9 Å². The van der Waals surface area contributed by atoms with Crippen LogP contribution in [-0.4, -0.2) is 46.5 Å². The van der Waals surface area contributed by atoms with Gasteiger partial charge in [-0.25, -0.2) is 4.79 Å². The molecule has 39 heavy (non-hydrogen) atoms. The second-order valence-electron chi connectivity index (χ2n) is 9.11. The van der Waals surface area contributed by atoms with Crippen molar-refractivity contribution < 1.29 is 23.9 Å². The van der Waals surface area contributed by atoms with Crippen molar-refractivity contribution in [3.8, 4) is 5.75 Å². The van der Waals surface area contributed by atoms with Gasteiger partial charge in [0.25, 0.3) is 11.8 Å². The van der Waals surface area contributed by atoms with Gasteiger partial charge in [-0.3, -0.25) is 14.5 Å². The van der Waals surface area contributed by atoms with Gasteiger partial charge in [-0.15, -0.1) is 18.3 Å². The molecule has 0 aliphatic carbocycles. The topological polar surface area (TPSA) is 84.9 Å². The summed E-state index contributed by atoms with van der Waals surface area (Å²) in [7, 11) is 0. The summed E-state index contributed by atoms with van der Waals surface area (Å²) in [5, 5.41) is 2.35. The van der Waals surface area contributed by atoms with E-state index in [1.165, 1.54) is 16.7 Å². The number of thioether (sulfide) groups is 1. The number of carbonyl (C=O) groups is 3. The Morgan fingerprint density at radius 2 is 1.56 bits per heavy atom. The first kappa shape index (κ1) is 26.3. The van der Waals surface area contributed by atoms with Crippen molar-refractivity contribution in [2.75, 3.05) is 12.4 Å². The highest BCUT2D eigenvalue weighted by atomic mass is 32.2. The molecule has 0 aromatic heterocycles. The van der Waals surface area contributed by atoms with Gasteiger partial charge >= 0.3 is 5.97 Å². The molecule has 0 saturated carbocycles. The minimum Gasteiger partial charge on any atom is -0.484 e. The van der Waals surface area contributed by atoms with E-state index in [9.17, 15) is 14.4 Å². The highest BCUT2D eigenvalue weighted by Gasteiger charge is 2.54. The van der Waals surface area contributed by atoms with Crippen LogP contribution in [-0.2, 0) is 19.1 Å². The zero-order valence-electron chi connectivity index (χ0n) is 21.2. The molecule has 2 aliphatic heterocycles. The molecule has 2 atom stereocenters. The number of fused-ring (bicyclic) bond motifs is 1. The van der Waals surface area contributed by atoms with Crippen molar-refractivity contribution in [1.82, 2.24) is 10.2 Å². The van der Waals surface area contributed by atoms with Crippen molar-refractivity contribution in [2.24, 2.45) is 0 Å². The number of nitrogens with zero attached hydrogens (tertiary/aromatic N) is 1. The third-order valence-corrected chi connectivity index (χ3v) is 7.83. The SMILES string of the molecule is C=CCC1=C(C(=O)OC(c2ccccc2)c2ccccc2)N2C(=O)C(NC(=O)COc3ccccc3)[C@H]2SC1. The van der Waals surface area contributed by atoms with Gasteiger partial charge < -0.3 is 14.8 Å². The maximum atomic E-state index is 13.7. The third kappa shape index (κ3) is 5.76. The molecule has 2 aliphatic rings. The molecule has 1 unspecified atom stereocenters. The fraction of sp³-hybridized carbons (Fsp3) is 0.194. The second-order valence-corrected chi connectivity index (χ2v) is 10.2. The fourth-order valence-electron chi connectivity index (χ4n) is 4.63. The number of ether oxygens (including phenoxy) is 2. The minimum absolute atomic E-state index is 0.215. The summed E-state index contributed by atoms with van der Waals surface area (Å²) in [5.74, 6) is -0.269. The highest BCUT2D eigenvalue weighted by Crippen LogP contribution is 2.42. The number of benzene rings is 3. The van der Waals surface area contributed by atoms with Crippen LogP contribution in [0.3, 0.4) is 0 Å². The van der Waals surface area contributed by atoms with E-state index in [-0.39, 0.29) is 18.2 Å². The first-order valence-corrected chi connectivity index (χ1v) is 13.7. The molecule has 3 aromatic carbocycles. The first-order chi connectivity index (χ1) is 19.1. The monoisotopic (exact) mass is 540 g/mol. The largest absolute Gasteiger partial charge is 0.484 e. The third-order valence-electron chi connectivity index (χ3n) is 6.49. The molecule has 0 bridgehead atoms. The van der Waals surface area contributed by atoms with E-state index < -0.39 is 29.4 Å². The Balaban J connectivity index is 1.33. The Hall–Kier alpha value is -4.30. The lowest BCUT2D eigenvalue weighted by molar-refractivity contribution is -0.154. The second kappa shape index (κ2) is 12.0. The van der Waals surface area contributed by atoms with Crippen LogP contribution >= 0.6 is 11.8 Å². The number of amides is 2. The molecule has 8 heteroatoms. The molecule has 3 aromatic rings. The van der Waals surface area contributed by atoms with E-state index in [1.54, 1.807) is 18.2 Å². The smallest absolute Gasteiger partial charge is 0.356 e. The lowest BCUT2D eigenvalue weighted by atomic mass is 10.00. The van der Waals surface area contributed by atoms with Crippen molar-refractivity contribution in [3.05, 3.63) is 126 Å². The molecular weight excluding hydrogens is 512 g/mol. The van der Waals surface area contributed by atoms with Crippen LogP contribution in [0, 0.1) is 0 Å². The summed E-state index contributed by atoms with van der Waals surface area (Å²) in [4.78, 5) is 41.0. The van der Waals surface area contributed by atoms with Crippen molar-refractivity contribution in [3.63, 3.8) is 0 Å². The number of para-hydroxylation sites is 1. The van der Waals surface area contributed by atoms with Gasteiger partial charge in [-0.1, -0.05) is 84.9 Å². The number of rotatable bonds is 10. The van der Waals surface area contributed by atoms with Crippen LogP contribution < -0.4 is 10.1 Å². The Morgan fingerprint density at radius 3 is 2.15 bits per heavy atom. The summed E-state index contributed by atoms with van der Waals surface area (Å²) in [6, 6.07) is 27.2. The van der Waals surface area contributed by atoms with Gasteiger partial charge in [-0.2, -0.15) is 0 Å². The Labute approximate surface area is 231 Å². The maximum absolute atomic E-state index is 13.7. The minimum atomic E-state index is -0.756. The van der Waals surface area contributed by atoms with Gasteiger partial charge in [0.05, 0.1) is 0 Å². The normalized spacial score (nSPS) is 18.2. The molecule has 2 heterocycles. The van der Waals surface area contributed by atoms with E-state index >= 15 is 0 Å². The lowest BCUT2D eigenvalue weighted by Gasteiger charge is -2.49.